The van der Waals surface area contributed by atoms with Crippen LogP contribution in [0, 0.1) is 16.7 Å². The average Bonchev–Trinajstić information content (AvgIpc) is 2.33. The first kappa shape index (κ1) is 12.6. The normalized spacial score (nSPS) is 16.5. The Morgan fingerprint density at radius 1 is 1.56 bits per heavy atom. The molecule has 1 aliphatic heterocycles. The molecule has 18 heavy (non-hydrogen) atoms. The Hall–Kier alpha value is -1.86. The van der Waals surface area contributed by atoms with Gasteiger partial charge in [0.1, 0.15) is 6.07 Å². The van der Waals surface area contributed by atoms with Crippen LogP contribution < -0.4 is 5.32 Å². The number of ether oxygens (including phenoxy) is 1. The van der Waals surface area contributed by atoms with Crippen molar-refractivity contribution in [2.24, 2.45) is 5.41 Å². The molecular formula is C14H16N2O2. The van der Waals surface area contributed by atoms with E-state index in [1.165, 1.54) is 6.92 Å². The Balaban J connectivity index is 2.16. The van der Waals surface area contributed by atoms with E-state index in [1.54, 1.807) is 18.2 Å². The first-order chi connectivity index (χ1) is 8.54. The monoisotopic (exact) mass is 244 g/mol. The number of hydrogen-bond acceptors (Lipinski definition) is 4. The van der Waals surface area contributed by atoms with E-state index in [1.807, 2.05) is 0 Å². The quantitative estimate of drug-likeness (QED) is 0.825. The number of nitriles is 1. The van der Waals surface area contributed by atoms with Gasteiger partial charge in [0.05, 0.1) is 24.5 Å². The molecule has 1 fully saturated rings. The summed E-state index contributed by atoms with van der Waals surface area (Å²) in [5.41, 5.74) is 2.02. The highest BCUT2D eigenvalue weighted by Gasteiger charge is 2.33. The molecule has 0 unspecified atom stereocenters. The van der Waals surface area contributed by atoms with Crippen molar-refractivity contribution >= 4 is 11.5 Å². The van der Waals surface area contributed by atoms with Gasteiger partial charge < -0.3 is 10.1 Å². The third-order valence-electron chi connectivity index (χ3n) is 3.15. The van der Waals surface area contributed by atoms with Crippen molar-refractivity contribution in [1.29, 1.82) is 5.26 Å². The molecular weight excluding hydrogens is 228 g/mol. The zero-order valence-electron chi connectivity index (χ0n) is 10.6. The van der Waals surface area contributed by atoms with Gasteiger partial charge in [-0.2, -0.15) is 5.26 Å². The highest BCUT2D eigenvalue weighted by Crippen LogP contribution is 2.27. The second-order valence-corrected chi connectivity index (χ2v) is 5.09. The molecule has 0 bridgehead atoms. The van der Waals surface area contributed by atoms with Gasteiger partial charge in [0.15, 0.2) is 5.78 Å². The van der Waals surface area contributed by atoms with E-state index in [0.717, 1.165) is 25.4 Å². The number of rotatable bonds is 4. The minimum absolute atomic E-state index is 0.000675. The van der Waals surface area contributed by atoms with Crippen LogP contribution >= 0.6 is 0 Å². The van der Waals surface area contributed by atoms with Crippen LogP contribution in [0.15, 0.2) is 18.2 Å². The maximum atomic E-state index is 11.3. The van der Waals surface area contributed by atoms with Gasteiger partial charge in [-0.25, -0.2) is 0 Å². The summed E-state index contributed by atoms with van der Waals surface area (Å²) in [5, 5.41) is 12.3. The first-order valence-electron chi connectivity index (χ1n) is 5.91. The molecule has 1 aliphatic rings. The minimum Gasteiger partial charge on any atom is -0.383 e. The van der Waals surface area contributed by atoms with Crippen LogP contribution in [0.1, 0.15) is 29.8 Å². The summed E-state index contributed by atoms with van der Waals surface area (Å²) >= 11 is 0. The van der Waals surface area contributed by atoms with E-state index in [4.69, 9.17) is 10.00 Å². The third kappa shape index (κ3) is 2.52. The van der Waals surface area contributed by atoms with Crippen molar-refractivity contribution in [1.82, 2.24) is 0 Å². The Morgan fingerprint density at radius 3 is 2.78 bits per heavy atom. The van der Waals surface area contributed by atoms with Gasteiger partial charge in [0.2, 0.25) is 0 Å². The Bertz CT molecular complexity index is 513. The molecule has 0 radical (unpaired) electrons. The maximum absolute atomic E-state index is 11.3. The van der Waals surface area contributed by atoms with E-state index in [-0.39, 0.29) is 11.2 Å². The van der Waals surface area contributed by atoms with Gasteiger partial charge >= 0.3 is 0 Å². The molecule has 2 rings (SSSR count). The highest BCUT2D eigenvalue weighted by atomic mass is 16.5. The second kappa shape index (κ2) is 4.79. The minimum atomic E-state index is 0.000675. The summed E-state index contributed by atoms with van der Waals surface area (Å²) in [5.74, 6) is 0.000675. The largest absolute Gasteiger partial charge is 0.383 e. The predicted molar refractivity (Wildman–Crippen MR) is 68.6 cm³/mol. The summed E-state index contributed by atoms with van der Waals surface area (Å²) in [6.45, 7) is 5.85. The number of anilines is 1. The molecule has 1 aromatic rings. The number of hydrogen-bond donors (Lipinski definition) is 1. The molecule has 4 nitrogen and oxygen atoms in total. The number of nitrogens with zero attached hydrogens (tertiary/aromatic N) is 1. The number of carbonyl (C=O) groups excluding carboxylic acids is 1. The highest BCUT2D eigenvalue weighted by molar-refractivity contribution is 5.95. The van der Waals surface area contributed by atoms with Crippen LogP contribution in [-0.2, 0) is 4.74 Å². The Morgan fingerprint density at radius 2 is 2.28 bits per heavy atom. The standard InChI is InChI=1S/C14H16N2O2/c1-10(17)11-3-4-12(6-15)13(5-11)16-7-14(2)8-18-9-14/h3-5,16H,7-9H2,1-2H3. The van der Waals surface area contributed by atoms with E-state index in [9.17, 15) is 4.79 Å². The molecule has 4 heteroatoms. The smallest absolute Gasteiger partial charge is 0.159 e. The molecule has 0 atom stereocenters. The third-order valence-corrected chi connectivity index (χ3v) is 3.15. The van der Waals surface area contributed by atoms with Gasteiger partial charge in [0.25, 0.3) is 0 Å². The van der Waals surface area contributed by atoms with Gasteiger partial charge in [-0.05, 0) is 25.1 Å². The predicted octanol–water partition coefficient (Wildman–Crippen LogP) is 2.21. The Labute approximate surface area is 107 Å². The fraction of sp³-hybridized carbons (Fsp3) is 0.429. The van der Waals surface area contributed by atoms with Crippen molar-refractivity contribution in [3.8, 4) is 6.07 Å². The van der Waals surface area contributed by atoms with Gasteiger partial charge in [-0.15, -0.1) is 0 Å². The summed E-state index contributed by atoms with van der Waals surface area (Å²) in [7, 11) is 0. The summed E-state index contributed by atoms with van der Waals surface area (Å²) in [6, 6.07) is 7.23. The summed E-state index contributed by atoms with van der Waals surface area (Å²) in [6.07, 6.45) is 0. The summed E-state index contributed by atoms with van der Waals surface area (Å²) < 4.78 is 5.19. The zero-order valence-corrected chi connectivity index (χ0v) is 10.6. The Kier molecular flexibility index (Phi) is 3.35. The fourth-order valence-electron chi connectivity index (χ4n) is 1.87. The molecule has 0 amide bonds. The van der Waals surface area contributed by atoms with Crippen LogP contribution in [0.25, 0.3) is 0 Å². The summed E-state index contributed by atoms with van der Waals surface area (Å²) in [4.78, 5) is 11.3. The van der Waals surface area contributed by atoms with Crippen molar-refractivity contribution in [2.45, 2.75) is 13.8 Å². The second-order valence-electron chi connectivity index (χ2n) is 5.09. The molecule has 1 heterocycles. The van der Waals surface area contributed by atoms with Crippen LogP contribution in [-0.4, -0.2) is 25.5 Å². The van der Waals surface area contributed by atoms with E-state index in [0.29, 0.717) is 11.1 Å². The lowest BCUT2D eigenvalue weighted by atomic mass is 9.88. The first-order valence-corrected chi connectivity index (χ1v) is 5.91. The molecule has 0 saturated carbocycles. The van der Waals surface area contributed by atoms with Crippen molar-refractivity contribution in [3.63, 3.8) is 0 Å². The molecule has 0 aromatic heterocycles. The lowest BCUT2D eigenvalue weighted by molar-refractivity contribution is -0.0924. The number of Topliss-reactive ketones (excluding diaryl/α,β-unsaturated/α-hetero) is 1. The molecule has 1 N–H and O–H groups in total. The number of benzene rings is 1. The van der Waals surface area contributed by atoms with Crippen molar-refractivity contribution in [3.05, 3.63) is 29.3 Å². The molecule has 94 valence electrons. The lowest BCUT2D eigenvalue weighted by Gasteiger charge is -2.38. The SMILES string of the molecule is CC(=O)c1ccc(C#N)c(NCC2(C)COC2)c1. The van der Waals surface area contributed by atoms with E-state index < -0.39 is 0 Å². The van der Waals surface area contributed by atoms with Crippen LogP contribution in [0.4, 0.5) is 5.69 Å². The maximum Gasteiger partial charge on any atom is 0.159 e. The number of nitrogens with one attached hydrogen (secondary N) is 1. The fourth-order valence-corrected chi connectivity index (χ4v) is 1.87. The van der Waals surface area contributed by atoms with E-state index >= 15 is 0 Å². The molecule has 0 aliphatic carbocycles. The molecule has 1 saturated heterocycles. The molecule has 0 spiro atoms. The van der Waals surface area contributed by atoms with Crippen LogP contribution in [0.3, 0.4) is 0 Å². The van der Waals surface area contributed by atoms with Crippen molar-refractivity contribution in [2.75, 3.05) is 25.1 Å². The number of ketones is 1. The van der Waals surface area contributed by atoms with Crippen LogP contribution in [0.5, 0.6) is 0 Å². The number of carbonyl (C=O) groups is 1. The lowest BCUT2D eigenvalue weighted by Crippen LogP contribution is -2.45. The van der Waals surface area contributed by atoms with Gasteiger partial charge in [0, 0.05) is 17.5 Å². The van der Waals surface area contributed by atoms with Gasteiger partial charge in [-0.3, -0.25) is 4.79 Å². The van der Waals surface area contributed by atoms with Gasteiger partial charge in [-0.1, -0.05) is 6.92 Å². The zero-order chi connectivity index (χ0) is 13.2. The van der Waals surface area contributed by atoms with Crippen LogP contribution in [0.2, 0.25) is 0 Å². The topological polar surface area (TPSA) is 62.1 Å². The molecule has 1 aromatic carbocycles. The average molecular weight is 244 g/mol. The van der Waals surface area contributed by atoms with Crippen molar-refractivity contribution < 1.29 is 9.53 Å². The van der Waals surface area contributed by atoms with E-state index in [2.05, 4.69) is 18.3 Å².